The van der Waals surface area contributed by atoms with Gasteiger partial charge in [-0.3, -0.25) is 4.79 Å². The number of carbonyl (C=O) groups is 1. The number of benzene rings is 2. The Hall–Kier alpha value is -3.85. The number of aldehydes is 1. The van der Waals surface area contributed by atoms with E-state index in [0.717, 1.165) is 79.9 Å². The number of phenols is 1. The molecule has 0 unspecified atom stereocenters. The second-order valence-corrected chi connectivity index (χ2v) is 11.5. The first-order chi connectivity index (χ1) is 18.8. The van der Waals surface area contributed by atoms with Crippen molar-refractivity contribution in [2.24, 2.45) is 5.41 Å². The van der Waals surface area contributed by atoms with Gasteiger partial charge in [-0.25, -0.2) is 0 Å². The van der Waals surface area contributed by atoms with Crippen molar-refractivity contribution in [1.82, 2.24) is 19.8 Å². The number of fused-ring (bicyclic) bond motifs is 2. The van der Waals surface area contributed by atoms with Crippen LogP contribution in [0.1, 0.15) is 18.2 Å². The maximum absolute atomic E-state index is 10.7. The lowest BCUT2D eigenvalue weighted by molar-refractivity contribution is -0.104. The third kappa shape index (κ3) is 4.98. The van der Waals surface area contributed by atoms with E-state index in [4.69, 9.17) is 14.7 Å². The Kier molecular flexibility index (Phi) is 6.54. The number of anilines is 2. The number of aromatic nitrogens is 2. The Morgan fingerprint density at radius 3 is 2.69 bits per heavy atom. The summed E-state index contributed by atoms with van der Waals surface area (Å²) in [6.45, 7) is 8.06. The molecule has 1 spiro atoms. The van der Waals surface area contributed by atoms with Gasteiger partial charge in [0, 0.05) is 73.6 Å². The van der Waals surface area contributed by atoms with Crippen LogP contribution in [0.5, 0.6) is 11.8 Å². The number of allylic oxidation sites excluding steroid dienone is 1. The van der Waals surface area contributed by atoms with E-state index in [-0.39, 0.29) is 17.3 Å². The smallest absolute Gasteiger partial charge is 0.318 e. The van der Waals surface area contributed by atoms with Gasteiger partial charge in [-0.05, 0) is 45.0 Å². The van der Waals surface area contributed by atoms with E-state index in [1.165, 1.54) is 5.56 Å². The highest BCUT2D eigenvalue weighted by molar-refractivity contribution is 5.95. The van der Waals surface area contributed by atoms with E-state index in [1.54, 1.807) is 6.08 Å². The maximum atomic E-state index is 10.7. The van der Waals surface area contributed by atoms with Crippen molar-refractivity contribution in [2.45, 2.75) is 26.0 Å². The van der Waals surface area contributed by atoms with Crippen LogP contribution in [-0.2, 0) is 17.8 Å². The summed E-state index contributed by atoms with van der Waals surface area (Å²) in [5.74, 6) is 1.25. The summed E-state index contributed by atoms with van der Waals surface area (Å²) in [5, 5.41) is 12.6. The van der Waals surface area contributed by atoms with E-state index < -0.39 is 0 Å². The average molecular weight is 529 g/mol. The molecule has 2 saturated heterocycles. The Morgan fingerprint density at radius 1 is 1.13 bits per heavy atom. The first-order valence-corrected chi connectivity index (χ1v) is 13.6. The summed E-state index contributed by atoms with van der Waals surface area (Å²) in [6, 6.07) is 12.3. The number of aromatic hydroxyl groups is 1. The fourth-order valence-corrected chi connectivity index (χ4v) is 6.37. The van der Waals surface area contributed by atoms with Crippen molar-refractivity contribution >= 4 is 28.6 Å². The Morgan fingerprint density at radius 2 is 1.92 bits per heavy atom. The van der Waals surface area contributed by atoms with Crippen molar-refractivity contribution in [1.29, 1.82) is 0 Å². The average Bonchev–Trinajstić information content (AvgIpc) is 2.85. The molecule has 3 aromatic rings. The number of nitrogens with zero attached hydrogens (tertiary/aromatic N) is 6. The van der Waals surface area contributed by atoms with Gasteiger partial charge in [0.25, 0.3) is 0 Å². The summed E-state index contributed by atoms with van der Waals surface area (Å²) in [4.78, 5) is 29.5. The molecule has 3 aliphatic heterocycles. The molecule has 0 radical (unpaired) electrons. The summed E-state index contributed by atoms with van der Waals surface area (Å²) in [6.07, 6.45) is 5.04. The molecule has 9 heteroatoms. The molecule has 39 heavy (non-hydrogen) atoms. The normalized spacial score (nSPS) is 18.8. The number of rotatable bonds is 8. The summed E-state index contributed by atoms with van der Waals surface area (Å²) >= 11 is 0. The van der Waals surface area contributed by atoms with Crippen LogP contribution < -0.4 is 14.5 Å². The Labute approximate surface area is 229 Å². The monoisotopic (exact) mass is 528 g/mol. The van der Waals surface area contributed by atoms with Crippen LogP contribution in [0.15, 0.2) is 48.7 Å². The molecule has 1 atom stereocenters. The van der Waals surface area contributed by atoms with E-state index in [1.807, 2.05) is 57.6 Å². The molecule has 1 N–H and O–H groups in total. The molecule has 6 rings (SSSR count). The lowest BCUT2D eigenvalue weighted by Crippen LogP contribution is -2.71. The molecule has 2 fully saturated rings. The van der Waals surface area contributed by atoms with Crippen molar-refractivity contribution < 1.29 is 14.6 Å². The standard InChI is InChI=1S/C30H36N6O3/c1-21(15-33(2)3)39-29-31-26-16-35(27-14-23(38)13-22-7-4-5-8-24(22)27)11-9-25(26)28(32-29)36-19-30(20-36)17-34(18-30)10-6-12-37/h4-8,10,12-14,21,38H,9,11,15-20H2,1-3H3/t21-/m0/s1. The fraction of sp³-hybridized carbons (Fsp3) is 0.433. The Balaban J connectivity index is 1.28. The number of hydrogen-bond acceptors (Lipinski definition) is 9. The first kappa shape index (κ1) is 25.4. The fourth-order valence-electron chi connectivity index (χ4n) is 6.37. The molecule has 3 aliphatic rings. The topological polar surface area (TPSA) is 85.3 Å². The highest BCUT2D eigenvalue weighted by atomic mass is 16.5. The van der Waals surface area contributed by atoms with E-state index in [9.17, 15) is 9.90 Å². The number of likely N-dealkylation sites (N-methyl/N-ethyl adjacent to an activating group) is 1. The molecule has 2 aromatic carbocycles. The molecule has 9 nitrogen and oxygen atoms in total. The van der Waals surface area contributed by atoms with Crippen LogP contribution in [0.3, 0.4) is 0 Å². The van der Waals surface area contributed by atoms with Crippen molar-refractivity contribution in [3.05, 3.63) is 59.9 Å². The van der Waals surface area contributed by atoms with Crippen LogP contribution >= 0.6 is 0 Å². The zero-order valence-electron chi connectivity index (χ0n) is 22.9. The van der Waals surface area contributed by atoms with Gasteiger partial charge in [-0.2, -0.15) is 9.97 Å². The van der Waals surface area contributed by atoms with Crippen LogP contribution in [0.2, 0.25) is 0 Å². The number of hydrogen-bond donors (Lipinski definition) is 1. The van der Waals surface area contributed by atoms with Gasteiger partial charge >= 0.3 is 6.01 Å². The van der Waals surface area contributed by atoms with Gasteiger partial charge in [-0.1, -0.05) is 24.3 Å². The lowest BCUT2D eigenvalue weighted by Gasteiger charge is -2.60. The summed E-state index contributed by atoms with van der Waals surface area (Å²) < 4.78 is 6.24. The second-order valence-electron chi connectivity index (χ2n) is 11.5. The second kappa shape index (κ2) is 10.0. The van der Waals surface area contributed by atoms with Crippen molar-refractivity contribution in [3.8, 4) is 11.8 Å². The largest absolute Gasteiger partial charge is 0.508 e. The molecule has 0 aliphatic carbocycles. The molecule has 204 valence electrons. The highest BCUT2D eigenvalue weighted by Crippen LogP contribution is 2.44. The van der Waals surface area contributed by atoms with Gasteiger partial charge in [0.15, 0.2) is 0 Å². The first-order valence-electron chi connectivity index (χ1n) is 13.6. The van der Waals surface area contributed by atoms with Crippen LogP contribution in [-0.4, -0.2) is 90.6 Å². The van der Waals surface area contributed by atoms with Gasteiger partial charge < -0.3 is 29.4 Å². The predicted octanol–water partition coefficient (Wildman–Crippen LogP) is 3.06. The van der Waals surface area contributed by atoms with E-state index in [2.05, 4.69) is 25.7 Å². The zero-order valence-corrected chi connectivity index (χ0v) is 22.9. The molecule has 0 amide bonds. The zero-order chi connectivity index (χ0) is 27.1. The van der Waals surface area contributed by atoms with Gasteiger partial charge in [0.05, 0.1) is 12.2 Å². The van der Waals surface area contributed by atoms with Gasteiger partial charge in [0.1, 0.15) is 24.0 Å². The molecular weight excluding hydrogens is 492 g/mol. The maximum Gasteiger partial charge on any atom is 0.318 e. The van der Waals surface area contributed by atoms with Crippen LogP contribution in [0, 0.1) is 5.41 Å². The number of carbonyl (C=O) groups excluding carboxylic acids is 1. The van der Waals surface area contributed by atoms with Crippen LogP contribution in [0.25, 0.3) is 10.8 Å². The quantitative estimate of drug-likeness (QED) is 0.350. The molecule has 0 saturated carbocycles. The van der Waals surface area contributed by atoms with Crippen LogP contribution in [0.4, 0.5) is 11.5 Å². The minimum Gasteiger partial charge on any atom is -0.508 e. The predicted molar refractivity (Wildman–Crippen MR) is 152 cm³/mol. The minimum absolute atomic E-state index is 0.0480. The lowest BCUT2D eigenvalue weighted by atomic mass is 9.73. The number of ether oxygens (including phenoxy) is 1. The van der Waals surface area contributed by atoms with Gasteiger partial charge in [0.2, 0.25) is 0 Å². The number of phenolic OH excluding ortho intramolecular Hbond substituents is 1. The van der Waals surface area contributed by atoms with E-state index in [0.29, 0.717) is 12.6 Å². The summed E-state index contributed by atoms with van der Waals surface area (Å²) in [7, 11) is 4.06. The third-order valence-electron chi connectivity index (χ3n) is 7.92. The third-order valence-corrected chi connectivity index (χ3v) is 7.92. The van der Waals surface area contributed by atoms with Crippen molar-refractivity contribution in [2.75, 3.05) is 63.2 Å². The number of likely N-dealkylation sites (tertiary alicyclic amines) is 1. The van der Waals surface area contributed by atoms with E-state index >= 15 is 0 Å². The highest BCUT2D eigenvalue weighted by Gasteiger charge is 2.52. The summed E-state index contributed by atoms with van der Waals surface area (Å²) in [5.41, 5.74) is 3.44. The molecular formula is C30H36N6O3. The Bertz CT molecular complexity index is 1410. The molecule has 0 bridgehead atoms. The molecule has 1 aromatic heterocycles. The molecule has 4 heterocycles. The SMILES string of the molecule is C[C@@H](CN(C)C)Oc1nc2c(c(N3CC4(CN(C=CC=O)C4)C3)n1)CCN(c1cc(O)cc3ccccc13)C2. The minimum atomic E-state index is -0.0480. The van der Waals surface area contributed by atoms with Crippen molar-refractivity contribution in [3.63, 3.8) is 0 Å². The van der Waals surface area contributed by atoms with Gasteiger partial charge in [-0.15, -0.1) is 0 Å².